The fourth-order valence-corrected chi connectivity index (χ4v) is 6.54. The highest BCUT2D eigenvalue weighted by Crippen LogP contribution is 2.69. The van der Waals surface area contributed by atoms with E-state index in [-0.39, 0.29) is 34.1 Å². The zero-order valence-electron chi connectivity index (χ0n) is 19.6. The van der Waals surface area contributed by atoms with Crippen molar-refractivity contribution >= 4 is 17.5 Å². The van der Waals surface area contributed by atoms with Gasteiger partial charge in [-0.25, -0.2) is 0 Å². The van der Waals surface area contributed by atoms with E-state index in [1.807, 2.05) is 31.2 Å². The summed E-state index contributed by atoms with van der Waals surface area (Å²) in [7, 11) is 3.26. The molecule has 2 heterocycles. The van der Waals surface area contributed by atoms with Gasteiger partial charge in [0.25, 0.3) is 0 Å². The summed E-state index contributed by atoms with van der Waals surface area (Å²) in [6.07, 6.45) is 9.23. The van der Waals surface area contributed by atoms with Crippen LogP contribution < -0.4 is 4.74 Å². The number of amides is 1. The number of nitriles is 1. The lowest BCUT2D eigenvalue weighted by molar-refractivity contribution is -0.162. The maximum absolute atomic E-state index is 13.6. The van der Waals surface area contributed by atoms with Gasteiger partial charge in [-0.2, -0.15) is 5.26 Å². The molecule has 0 spiro atoms. The number of pyridine rings is 1. The van der Waals surface area contributed by atoms with E-state index in [9.17, 15) is 20.3 Å². The molecule has 0 saturated heterocycles. The number of aliphatic hydroxyl groups excluding tert-OH is 1. The molecule has 1 saturated carbocycles. The predicted octanol–water partition coefficient (Wildman–Crippen LogP) is 3.16. The lowest BCUT2D eigenvalue weighted by atomic mass is 9.65. The summed E-state index contributed by atoms with van der Waals surface area (Å²) in [5, 5.41) is 34.0. The van der Waals surface area contributed by atoms with E-state index in [0.717, 1.165) is 0 Å². The van der Waals surface area contributed by atoms with Crippen molar-refractivity contribution in [1.82, 2.24) is 9.88 Å². The van der Waals surface area contributed by atoms with Gasteiger partial charge >= 0.3 is 0 Å². The molecule has 1 aliphatic heterocycles. The second kappa shape index (κ2) is 8.20. The van der Waals surface area contributed by atoms with Crippen LogP contribution >= 0.6 is 11.6 Å². The van der Waals surface area contributed by atoms with Gasteiger partial charge in [-0.05, 0) is 29.5 Å². The number of aliphatic hydroxyl groups is 2. The van der Waals surface area contributed by atoms with Crippen molar-refractivity contribution in [3.8, 4) is 11.8 Å². The summed E-state index contributed by atoms with van der Waals surface area (Å²) in [5.41, 5.74) is -2.42. The van der Waals surface area contributed by atoms with Gasteiger partial charge < -0.3 is 19.8 Å². The Morgan fingerprint density at radius 1 is 1.20 bits per heavy atom. The number of fused-ring (bicyclic) bond motifs is 3. The number of aromatic nitrogens is 1. The largest absolute Gasteiger partial charge is 0.477 e. The number of rotatable bonds is 3. The van der Waals surface area contributed by atoms with Crippen LogP contribution in [0, 0.1) is 35.0 Å². The quantitative estimate of drug-likeness (QED) is 0.683. The molecule has 1 fully saturated rings. The Kier molecular flexibility index (Phi) is 5.52. The van der Waals surface area contributed by atoms with E-state index in [0.29, 0.717) is 11.1 Å². The molecule has 3 aliphatic rings. The zero-order valence-corrected chi connectivity index (χ0v) is 20.3. The van der Waals surface area contributed by atoms with Crippen LogP contribution in [0.25, 0.3) is 0 Å². The second-order valence-electron chi connectivity index (χ2n) is 9.72. The summed E-state index contributed by atoms with van der Waals surface area (Å²) >= 11 is 6.56. The Balaban J connectivity index is 1.85. The molecule has 1 amide bonds. The molecule has 0 radical (unpaired) electrons. The number of ether oxygens (including phenoxy) is 1. The van der Waals surface area contributed by atoms with Crippen molar-refractivity contribution in [2.24, 2.45) is 23.7 Å². The summed E-state index contributed by atoms with van der Waals surface area (Å²) in [6, 6.07) is 8.81. The van der Waals surface area contributed by atoms with Gasteiger partial charge in [-0.3, -0.25) is 9.78 Å². The Hall–Kier alpha value is -3.18. The van der Waals surface area contributed by atoms with E-state index in [1.165, 1.54) is 17.3 Å². The van der Waals surface area contributed by atoms with Crippen LogP contribution in [-0.4, -0.2) is 46.2 Å². The first-order valence-corrected chi connectivity index (χ1v) is 11.9. The lowest BCUT2D eigenvalue weighted by Gasteiger charge is -2.44. The van der Waals surface area contributed by atoms with E-state index >= 15 is 0 Å². The number of benzene rings is 1. The Bertz CT molecular complexity index is 1280. The summed E-state index contributed by atoms with van der Waals surface area (Å²) in [4.78, 5) is 19.2. The maximum atomic E-state index is 13.6. The minimum absolute atomic E-state index is 0.00632. The summed E-state index contributed by atoms with van der Waals surface area (Å²) < 4.78 is 6.64. The second-order valence-corrected chi connectivity index (χ2v) is 10.1. The number of carbonyl (C=O) groups excluding carboxylic acids is 1. The normalized spacial score (nSPS) is 34.6. The molecule has 2 unspecified atom stereocenters. The van der Waals surface area contributed by atoms with Crippen LogP contribution in [0.3, 0.4) is 0 Å². The van der Waals surface area contributed by atoms with Crippen molar-refractivity contribution in [2.75, 3.05) is 14.1 Å². The minimum Gasteiger partial charge on any atom is -0.477 e. The molecule has 1 aromatic carbocycles. The van der Waals surface area contributed by atoms with Crippen molar-refractivity contribution < 1.29 is 19.7 Å². The molecule has 180 valence electrons. The third-order valence-corrected chi connectivity index (χ3v) is 8.04. The van der Waals surface area contributed by atoms with Crippen LogP contribution in [0.1, 0.15) is 23.6 Å². The van der Waals surface area contributed by atoms with E-state index < -0.39 is 29.1 Å². The number of halogens is 1. The van der Waals surface area contributed by atoms with Crippen molar-refractivity contribution in [1.29, 1.82) is 5.26 Å². The maximum Gasteiger partial charge on any atom is 0.228 e. The van der Waals surface area contributed by atoms with Gasteiger partial charge in [-0.1, -0.05) is 55.0 Å². The monoisotopic (exact) mass is 491 g/mol. The molecule has 2 aromatic rings. The average molecular weight is 492 g/mol. The smallest absolute Gasteiger partial charge is 0.228 e. The van der Waals surface area contributed by atoms with Crippen LogP contribution in [0.2, 0.25) is 5.02 Å². The van der Waals surface area contributed by atoms with E-state index in [1.54, 1.807) is 38.4 Å². The van der Waals surface area contributed by atoms with Crippen LogP contribution in [-0.2, 0) is 16.0 Å². The zero-order chi connectivity index (χ0) is 25.1. The molecule has 2 N–H and O–H groups in total. The number of hydrogen-bond donors (Lipinski definition) is 2. The summed E-state index contributed by atoms with van der Waals surface area (Å²) in [5.74, 6) is -1.99. The topological polar surface area (TPSA) is 107 Å². The SMILES string of the molecule is CC1C=CC=CC1[C@@H]1[C@@H](C(=O)N(C)C)[C@@H](O)[C@@]2(O)c3c(Cl)cncc3O[C@@]12c1ccc(C#N)cc1. The molecule has 35 heavy (non-hydrogen) atoms. The highest BCUT2D eigenvalue weighted by atomic mass is 35.5. The molecule has 5 rings (SSSR count). The van der Waals surface area contributed by atoms with Crippen molar-refractivity contribution in [3.05, 3.63) is 82.7 Å². The molecule has 1 aromatic heterocycles. The van der Waals surface area contributed by atoms with Gasteiger partial charge in [0.15, 0.2) is 11.2 Å². The third kappa shape index (κ3) is 3.04. The van der Waals surface area contributed by atoms with Crippen LogP contribution in [0.4, 0.5) is 0 Å². The van der Waals surface area contributed by atoms with Crippen LogP contribution in [0.15, 0.2) is 61.0 Å². The highest BCUT2D eigenvalue weighted by Gasteiger charge is 2.78. The Morgan fingerprint density at radius 3 is 2.51 bits per heavy atom. The lowest BCUT2D eigenvalue weighted by Crippen LogP contribution is -2.54. The van der Waals surface area contributed by atoms with Gasteiger partial charge in [0.1, 0.15) is 11.9 Å². The first kappa shape index (κ1) is 23.6. The van der Waals surface area contributed by atoms with E-state index in [2.05, 4.69) is 11.1 Å². The number of hydrogen-bond acceptors (Lipinski definition) is 6. The highest BCUT2D eigenvalue weighted by molar-refractivity contribution is 6.31. The predicted molar refractivity (Wildman–Crippen MR) is 129 cm³/mol. The van der Waals surface area contributed by atoms with Gasteiger partial charge in [0, 0.05) is 26.2 Å². The number of nitrogens with zero attached hydrogens (tertiary/aromatic N) is 3. The molecule has 2 aliphatic carbocycles. The standard InChI is InChI=1S/C27H26ClN3O4/c1-15-6-4-5-7-18(15)22-21(25(33)31(2)3)24(32)26(34)23-19(28)13-30-14-20(23)35-27(22,26)17-10-8-16(12-29)9-11-17/h4-11,13-15,18,21-22,24,32,34H,1-3H3/t15?,18?,21-,22-,24-,26+,27+/m1/s1. The molecular formula is C27H26ClN3O4. The molecule has 8 heteroatoms. The van der Waals surface area contributed by atoms with Crippen LogP contribution in [0.5, 0.6) is 5.75 Å². The molecule has 0 bridgehead atoms. The van der Waals surface area contributed by atoms with Crippen molar-refractivity contribution in [3.63, 3.8) is 0 Å². The third-order valence-electron chi connectivity index (χ3n) is 7.76. The van der Waals surface area contributed by atoms with Gasteiger partial charge in [0.05, 0.1) is 34.3 Å². The first-order chi connectivity index (χ1) is 16.7. The molecular weight excluding hydrogens is 466 g/mol. The summed E-state index contributed by atoms with van der Waals surface area (Å²) in [6.45, 7) is 2.04. The average Bonchev–Trinajstić information content (AvgIpc) is 3.23. The fraction of sp³-hybridized carbons (Fsp3) is 0.370. The van der Waals surface area contributed by atoms with Gasteiger partial charge in [-0.15, -0.1) is 0 Å². The Labute approximate surface area is 208 Å². The van der Waals surface area contributed by atoms with Crippen molar-refractivity contribution in [2.45, 2.75) is 24.2 Å². The van der Waals surface area contributed by atoms with Gasteiger partial charge in [0.2, 0.25) is 5.91 Å². The van der Waals surface area contributed by atoms with E-state index in [4.69, 9.17) is 16.3 Å². The molecule has 7 atom stereocenters. The molecule has 7 nitrogen and oxygen atoms in total. The number of carbonyl (C=O) groups is 1. The fourth-order valence-electron chi connectivity index (χ4n) is 6.24. The number of allylic oxidation sites excluding steroid dienone is 4. The first-order valence-electron chi connectivity index (χ1n) is 11.5. The Morgan fingerprint density at radius 2 is 1.89 bits per heavy atom. The minimum atomic E-state index is -2.05.